The number of anilines is 1. The van der Waals surface area contributed by atoms with Crippen LogP contribution in [0.1, 0.15) is 18.3 Å². The average molecular weight is 254 g/mol. The van der Waals surface area contributed by atoms with Gasteiger partial charge in [0, 0.05) is 13.7 Å². The number of aryl methyl sites for hydroxylation is 1. The lowest BCUT2D eigenvalue weighted by Crippen LogP contribution is -2.33. The molecule has 0 saturated carbocycles. The van der Waals surface area contributed by atoms with Gasteiger partial charge < -0.3 is 15.8 Å². The molecule has 1 heterocycles. The van der Waals surface area contributed by atoms with Crippen LogP contribution in [0.5, 0.6) is 0 Å². The maximum Gasteiger partial charge on any atom is 0.241 e. The fraction of sp³-hybridized carbons (Fsp3) is 0.667. The molecule has 0 aliphatic heterocycles. The molecule has 0 aliphatic carbocycles. The van der Waals surface area contributed by atoms with E-state index in [0.29, 0.717) is 24.8 Å². The average Bonchev–Trinajstić information content (AvgIpc) is 2.55. The van der Waals surface area contributed by atoms with Gasteiger partial charge in [0.1, 0.15) is 6.54 Å². The molecule has 1 amide bonds. The van der Waals surface area contributed by atoms with Gasteiger partial charge in [-0.05, 0) is 19.8 Å². The molecule has 6 nitrogen and oxygen atoms in total. The summed E-state index contributed by atoms with van der Waals surface area (Å²) in [6, 6.07) is 0. The predicted molar refractivity (Wildman–Crippen MR) is 70.2 cm³/mol. The molecule has 1 rings (SSSR count). The summed E-state index contributed by atoms with van der Waals surface area (Å²) in [7, 11) is 1.65. The molecule has 0 aromatic carbocycles. The molecular weight excluding hydrogens is 232 g/mol. The van der Waals surface area contributed by atoms with Gasteiger partial charge in [0.2, 0.25) is 5.91 Å². The first-order valence-corrected chi connectivity index (χ1v) is 6.00. The molecule has 1 aromatic heterocycles. The van der Waals surface area contributed by atoms with Gasteiger partial charge in [0.25, 0.3) is 0 Å². The summed E-state index contributed by atoms with van der Waals surface area (Å²) >= 11 is 0. The van der Waals surface area contributed by atoms with E-state index in [2.05, 4.69) is 10.4 Å². The Bertz CT molecular complexity index is 414. The van der Waals surface area contributed by atoms with Crippen LogP contribution in [0, 0.1) is 19.8 Å². The number of hydrogen-bond acceptors (Lipinski definition) is 4. The summed E-state index contributed by atoms with van der Waals surface area (Å²) in [4.78, 5) is 11.7. The van der Waals surface area contributed by atoms with Crippen molar-refractivity contribution in [1.29, 1.82) is 0 Å². The highest BCUT2D eigenvalue weighted by atomic mass is 16.5. The van der Waals surface area contributed by atoms with Gasteiger partial charge >= 0.3 is 0 Å². The van der Waals surface area contributed by atoms with Crippen molar-refractivity contribution < 1.29 is 9.53 Å². The van der Waals surface area contributed by atoms with Crippen molar-refractivity contribution in [2.24, 2.45) is 5.92 Å². The van der Waals surface area contributed by atoms with Gasteiger partial charge in [-0.15, -0.1) is 0 Å². The number of nitrogens with one attached hydrogen (secondary N) is 1. The Hall–Kier alpha value is -1.56. The van der Waals surface area contributed by atoms with Crippen molar-refractivity contribution in [3.63, 3.8) is 0 Å². The minimum atomic E-state index is -0.0662. The van der Waals surface area contributed by atoms with Crippen molar-refractivity contribution in [3.05, 3.63) is 11.4 Å². The summed E-state index contributed by atoms with van der Waals surface area (Å²) in [5.41, 5.74) is 8.04. The first-order valence-electron chi connectivity index (χ1n) is 6.00. The molecule has 3 N–H and O–H groups in total. The Kier molecular flexibility index (Phi) is 5.15. The normalized spacial score (nSPS) is 12.4. The van der Waals surface area contributed by atoms with E-state index in [1.165, 1.54) is 0 Å². The number of hydrogen-bond donors (Lipinski definition) is 2. The van der Waals surface area contributed by atoms with Gasteiger partial charge in [-0.25, -0.2) is 0 Å². The first-order chi connectivity index (χ1) is 8.45. The van der Waals surface area contributed by atoms with E-state index in [1.54, 1.807) is 11.8 Å². The molecule has 1 unspecified atom stereocenters. The third-order valence-corrected chi connectivity index (χ3v) is 2.83. The second-order valence-corrected chi connectivity index (χ2v) is 4.61. The van der Waals surface area contributed by atoms with Crippen molar-refractivity contribution in [2.45, 2.75) is 27.3 Å². The maximum atomic E-state index is 11.7. The number of methoxy groups -OCH3 is 1. The molecule has 102 valence electrons. The lowest BCUT2D eigenvalue weighted by Gasteiger charge is -2.11. The Labute approximate surface area is 107 Å². The molecule has 0 bridgehead atoms. The van der Waals surface area contributed by atoms with E-state index in [4.69, 9.17) is 10.5 Å². The van der Waals surface area contributed by atoms with Crippen molar-refractivity contribution in [3.8, 4) is 0 Å². The Morgan fingerprint density at radius 3 is 2.72 bits per heavy atom. The van der Waals surface area contributed by atoms with Gasteiger partial charge in [-0.1, -0.05) is 6.92 Å². The predicted octanol–water partition coefficient (Wildman–Crippen LogP) is 0.481. The topological polar surface area (TPSA) is 82.2 Å². The van der Waals surface area contributed by atoms with Crippen molar-refractivity contribution in [2.75, 3.05) is 26.0 Å². The summed E-state index contributed by atoms with van der Waals surface area (Å²) in [5, 5.41) is 7.07. The maximum absolute atomic E-state index is 11.7. The molecule has 1 atom stereocenters. The number of carbonyl (C=O) groups excluding carboxylic acids is 1. The van der Waals surface area contributed by atoms with E-state index in [-0.39, 0.29) is 12.5 Å². The summed E-state index contributed by atoms with van der Waals surface area (Å²) in [6.45, 7) is 7.14. The zero-order valence-corrected chi connectivity index (χ0v) is 11.5. The molecular formula is C12H22N4O2. The Balaban J connectivity index is 2.47. The molecule has 0 spiro atoms. The number of nitrogen functional groups attached to an aromatic ring is 1. The number of nitrogens with two attached hydrogens (primary N) is 1. The highest BCUT2D eigenvalue weighted by Crippen LogP contribution is 2.14. The molecule has 0 radical (unpaired) electrons. The standard InChI is InChI=1S/C12H22N4O2/c1-8(7-18-4)5-14-11(17)6-16-10(3)12(13)9(2)15-16/h8H,5-7,13H2,1-4H3,(H,14,17). The van der Waals surface area contributed by atoms with E-state index in [9.17, 15) is 4.79 Å². The number of ether oxygens (including phenoxy) is 1. The van der Waals surface area contributed by atoms with Crippen LogP contribution in [0.2, 0.25) is 0 Å². The van der Waals surface area contributed by atoms with E-state index >= 15 is 0 Å². The molecule has 0 aliphatic rings. The minimum absolute atomic E-state index is 0.0662. The fourth-order valence-electron chi connectivity index (χ4n) is 1.69. The van der Waals surface area contributed by atoms with Crippen LogP contribution in [0.4, 0.5) is 5.69 Å². The number of carbonyl (C=O) groups is 1. The monoisotopic (exact) mass is 254 g/mol. The van der Waals surface area contributed by atoms with E-state index in [1.807, 2.05) is 20.8 Å². The van der Waals surface area contributed by atoms with Crippen LogP contribution >= 0.6 is 0 Å². The lowest BCUT2D eigenvalue weighted by atomic mass is 10.2. The Morgan fingerprint density at radius 2 is 2.22 bits per heavy atom. The number of nitrogens with zero attached hydrogens (tertiary/aromatic N) is 2. The van der Waals surface area contributed by atoms with Crippen LogP contribution in [-0.4, -0.2) is 35.9 Å². The molecule has 1 aromatic rings. The van der Waals surface area contributed by atoms with Gasteiger partial charge in [0.05, 0.1) is 23.7 Å². The second kappa shape index (κ2) is 6.39. The largest absolute Gasteiger partial charge is 0.396 e. The smallest absolute Gasteiger partial charge is 0.241 e. The third kappa shape index (κ3) is 3.73. The van der Waals surface area contributed by atoms with Crippen LogP contribution < -0.4 is 11.1 Å². The van der Waals surface area contributed by atoms with Gasteiger partial charge in [-0.3, -0.25) is 9.48 Å². The molecule has 18 heavy (non-hydrogen) atoms. The third-order valence-electron chi connectivity index (χ3n) is 2.83. The number of amides is 1. The number of rotatable bonds is 6. The lowest BCUT2D eigenvalue weighted by molar-refractivity contribution is -0.122. The zero-order valence-electron chi connectivity index (χ0n) is 11.5. The van der Waals surface area contributed by atoms with Crippen LogP contribution in [0.25, 0.3) is 0 Å². The van der Waals surface area contributed by atoms with Crippen molar-refractivity contribution >= 4 is 11.6 Å². The van der Waals surface area contributed by atoms with Crippen LogP contribution in [-0.2, 0) is 16.1 Å². The second-order valence-electron chi connectivity index (χ2n) is 4.61. The van der Waals surface area contributed by atoms with Crippen LogP contribution in [0.15, 0.2) is 0 Å². The zero-order chi connectivity index (χ0) is 13.7. The highest BCUT2D eigenvalue weighted by Gasteiger charge is 2.11. The summed E-state index contributed by atoms with van der Waals surface area (Å²) in [5.74, 6) is 0.230. The molecule has 6 heteroatoms. The van der Waals surface area contributed by atoms with Crippen LogP contribution in [0.3, 0.4) is 0 Å². The quantitative estimate of drug-likeness (QED) is 0.773. The Morgan fingerprint density at radius 1 is 1.56 bits per heavy atom. The van der Waals surface area contributed by atoms with E-state index in [0.717, 1.165) is 11.4 Å². The van der Waals surface area contributed by atoms with Gasteiger partial charge in [-0.2, -0.15) is 5.10 Å². The summed E-state index contributed by atoms with van der Waals surface area (Å²) < 4.78 is 6.63. The highest BCUT2D eigenvalue weighted by molar-refractivity contribution is 5.75. The minimum Gasteiger partial charge on any atom is -0.396 e. The molecule has 0 saturated heterocycles. The molecule has 0 fully saturated rings. The fourth-order valence-corrected chi connectivity index (χ4v) is 1.69. The van der Waals surface area contributed by atoms with E-state index < -0.39 is 0 Å². The SMILES string of the molecule is COCC(C)CNC(=O)Cn1nc(C)c(N)c1C. The first kappa shape index (κ1) is 14.5. The summed E-state index contributed by atoms with van der Waals surface area (Å²) in [6.07, 6.45) is 0. The van der Waals surface area contributed by atoms with Crippen molar-refractivity contribution in [1.82, 2.24) is 15.1 Å². The van der Waals surface area contributed by atoms with Gasteiger partial charge in [0.15, 0.2) is 0 Å². The number of aromatic nitrogens is 2.